The van der Waals surface area contributed by atoms with Gasteiger partial charge in [-0.15, -0.1) is 11.3 Å². The molecule has 4 nitrogen and oxygen atoms in total. The van der Waals surface area contributed by atoms with Crippen LogP contribution in [-0.2, 0) is 11.2 Å². The summed E-state index contributed by atoms with van der Waals surface area (Å²) in [4.78, 5) is 8.74. The molecule has 0 spiro atoms. The third-order valence-electron chi connectivity index (χ3n) is 3.87. The molecule has 1 fully saturated rings. The predicted molar refractivity (Wildman–Crippen MR) is 85.4 cm³/mol. The van der Waals surface area contributed by atoms with Crippen LogP contribution in [0.5, 0.6) is 0 Å². The summed E-state index contributed by atoms with van der Waals surface area (Å²) in [5.74, 6) is 0.628. The van der Waals surface area contributed by atoms with E-state index in [1.54, 1.807) is 11.3 Å². The van der Waals surface area contributed by atoms with Crippen LogP contribution in [0.2, 0.25) is 0 Å². The molecule has 0 radical (unpaired) electrons. The van der Waals surface area contributed by atoms with E-state index in [4.69, 9.17) is 9.72 Å². The van der Waals surface area contributed by atoms with E-state index in [1.807, 2.05) is 24.5 Å². The topological polar surface area (TPSA) is 47.0 Å². The Hall–Kier alpha value is -1.30. The maximum absolute atomic E-state index is 5.46. The van der Waals surface area contributed by atoms with Crippen molar-refractivity contribution in [1.29, 1.82) is 0 Å². The molecule has 0 amide bonds. The monoisotopic (exact) mass is 303 g/mol. The van der Waals surface area contributed by atoms with E-state index >= 15 is 0 Å². The fraction of sp³-hybridized carbons (Fsp3) is 0.500. The van der Waals surface area contributed by atoms with Crippen molar-refractivity contribution in [3.05, 3.63) is 34.9 Å². The lowest BCUT2D eigenvalue weighted by Crippen LogP contribution is -2.35. The summed E-state index contributed by atoms with van der Waals surface area (Å²) in [5, 5.41) is 6.92. The van der Waals surface area contributed by atoms with Gasteiger partial charge in [0.1, 0.15) is 0 Å². The van der Waals surface area contributed by atoms with E-state index in [0.29, 0.717) is 12.0 Å². The van der Waals surface area contributed by atoms with Gasteiger partial charge in [-0.1, -0.05) is 6.92 Å². The van der Waals surface area contributed by atoms with Crippen LogP contribution in [0, 0.1) is 5.92 Å². The lowest BCUT2D eigenvalue weighted by atomic mass is 10.1. The SMILES string of the molecule is CC1COCC1NCCCc1nc(-c2ccncc2)cs1. The quantitative estimate of drug-likeness (QED) is 0.834. The van der Waals surface area contributed by atoms with Crippen LogP contribution in [0.25, 0.3) is 11.3 Å². The third-order valence-corrected chi connectivity index (χ3v) is 4.78. The molecule has 0 aromatic carbocycles. The van der Waals surface area contributed by atoms with E-state index in [1.165, 1.54) is 5.01 Å². The summed E-state index contributed by atoms with van der Waals surface area (Å²) in [6.45, 7) is 5.01. The molecule has 1 saturated heterocycles. The van der Waals surface area contributed by atoms with Gasteiger partial charge in [-0.2, -0.15) is 0 Å². The number of ether oxygens (including phenoxy) is 1. The molecule has 1 aliphatic heterocycles. The molecule has 2 unspecified atom stereocenters. The standard InChI is InChI=1S/C16H21N3OS/c1-12-9-20-10-14(12)18-6-2-3-16-19-15(11-21-16)13-4-7-17-8-5-13/h4-5,7-8,11-12,14,18H,2-3,6,9-10H2,1H3. The number of aromatic nitrogens is 2. The van der Waals surface area contributed by atoms with Crippen molar-refractivity contribution in [1.82, 2.24) is 15.3 Å². The minimum Gasteiger partial charge on any atom is -0.379 e. The van der Waals surface area contributed by atoms with Gasteiger partial charge in [0.25, 0.3) is 0 Å². The van der Waals surface area contributed by atoms with Crippen LogP contribution in [0.15, 0.2) is 29.9 Å². The molecule has 3 rings (SSSR count). The summed E-state index contributed by atoms with van der Waals surface area (Å²) in [6.07, 6.45) is 5.77. The minimum absolute atomic E-state index is 0.522. The fourth-order valence-corrected chi connectivity index (χ4v) is 3.38. The number of hydrogen-bond donors (Lipinski definition) is 1. The number of rotatable bonds is 6. The number of hydrogen-bond acceptors (Lipinski definition) is 5. The van der Waals surface area contributed by atoms with Gasteiger partial charge in [-0.3, -0.25) is 4.98 Å². The van der Waals surface area contributed by atoms with Crippen molar-refractivity contribution in [2.24, 2.45) is 5.92 Å². The van der Waals surface area contributed by atoms with E-state index in [9.17, 15) is 0 Å². The van der Waals surface area contributed by atoms with E-state index in [-0.39, 0.29) is 0 Å². The Kier molecular flexibility index (Phi) is 4.95. The van der Waals surface area contributed by atoms with Crippen LogP contribution >= 0.6 is 11.3 Å². The maximum Gasteiger partial charge on any atom is 0.0933 e. The number of nitrogens with zero attached hydrogens (tertiary/aromatic N) is 2. The summed E-state index contributed by atoms with van der Waals surface area (Å²) in [5.41, 5.74) is 2.20. The molecule has 0 bridgehead atoms. The van der Waals surface area contributed by atoms with Gasteiger partial charge in [-0.05, 0) is 31.0 Å². The Morgan fingerprint density at radius 3 is 2.95 bits per heavy atom. The van der Waals surface area contributed by atoms with Crippen molar-refractivity contribution >= 4 is 11.3 Å². The van der Waals surface area contributed by atoms with Gasteiger partial charge in [0, 0.05) is 35.8 Å². The highest BCUT2D eigenvalue weighted by Crippen LogP contribution is 2.21. The number of pyridine rings is 1. The molecule has 2 aromatic heterocycles. The van der Waals surface area contributed by atoms with Crippen molar-refractivity contribution < 1.29 is 4.74 Å². The minimum atomic E-state index is 0.522. The van der Waals surface area contributed by atoms with Crippen LogP contribution in [0.3, 0.4) is 0 Å². The van der Waals surface area contributed by atoms with Gasteiger partial charge < -0.3 is 10.1 Å². The first kappa shape index (κ1) is 14.6. The molecule has 0 aliphatic carbocycles. The normalized spacial score (nSPS) is 21.8. The lowest BCUT2D eigenvalue weighted by molar-refractivity contribution is 0.184. The highest BCUT2D eigenvalue weighted by Gasteiger charge is 2.22. The summed E-state index contributed by atoms with van der Waals surface area (Å²) in [6, 6.07) is 4.53. The van der Waals surface area contributed by atoms with Gasteiger partial charge in [-0.25, -0.2) is 4.98 Å². The van der Waals surface area contributed by atoms with Crippen LogP contribution < -0.4 is 5.32 Å². The molecular weight excluding hydrogens is 282 g/mol. The summed E-state index contributed by atoms with van der Waals surface area (Å²) >= 11 is 1.74. The number of nitrogens with one attached hydrogen (secondary N) is 1. The van der Waals surface area contributed by atoms with Gasteiger partial charge in [0.15, 0.2) is 0 Å². The third kappa shape index (κ3) is 3.87. The van der Waals surface area contributed by atoms with E-state index < -0.39 is 0 Å². The molecule has 2 aromatic rings. The molecule has 3 heterocycles. The molecule has 5 heteroatoms. The van der Waals surface area contributed by atoms with Gasteiger partial charge >= 0.3 is 0 Å². The van der Waals surface area contributed by atoms with E-state index in [2.05, 4.69) is 22.6 Å². The Morgan fingerprint density at radius 1 is 1.33 bits per heavy atom. The number of aryl methyl sites for hydroxylation is 1. The fourth-order valence-electron chi connectivity index (χ4n) is 2.53. The molecular formula is C16H21N3OS. The van der Waals surface area contributed by atoms with Gasteiger partial charge in [0.05, 0.1) is 23.9 Å². The van der Waals surface area contributed by atoms with Crippen molar-refractivity contribution in [3.8, 4) is 11.3 Å². The summed E-state index contributed by atoms with van der Waals surface area (Å²) < 4.78 is 5.46. The van der Waals surface area contributed by atoms with E-state index in [0.717, 1.165) is 43.9 Å². The summed E-state index contributed by atoms with van der Waals surface area (Å²) in [7, 11) is 0. The maximum atomic E-state index is 5.46. The van der Waals surface area contributed by atoms with Gasteiger partial charge in [0.2, 0.25) is 0 Å². The lowest BCUT2D eigenvalue weighted by Gasteiger charge is -2.14. The first-order chi connectivity index (χ1) is 10.3. The molecule has 1 aliphatic rings. The first-order valence-electron chi connectivity index (χ1n) is 7.49. The van der Waals surface area contributed by atoms with Crippen LogP contribution in [-0.4, -0.2) is 35.8 Å². The largest absolute Gasteiger partial charge is 0.379 e. The Morgan fingerprint density at radius 2 is 2.19 bits per heavy atom. The first-order valence-corrected chi connectivity index (χ1v) is 8.37. The average Bonchev–Trinajstić information content (AvgIpc) is 3.14. The molecule has 112 valence electrons. The zero-order valence-electron chi connectivity index (χ0n) is 12.3. The zero-order valence-corrected chi connectivity index (χ0v) is 13.1. The molecule has 1 N–H and O–H groups in total. The average molecular weight is 303 g/mol. The molecule has 21 heavy (non-hydrogen) atoms. The molecule has 0 saturated carbocycles. The van der Waals surface area contributed by atoms with Crippen LogP contribution in [0.4, 0.5) is 0 Å². The number of thiazole rings is 1. The zero-order chi connectivity index (χ0) is 14.5. The smallest absolute Gasteiger partial charge is 0.0933 e. The highest BCUT2D eigenvalue weighted by atomic mass is 32.1. The highest BCUT2D eigenvalue weighted by molar-refractivity contribution is 7.09. The second-order valence-electron chi connectivity index (χ2n) is 5.54. The Bertz CT molecular complexity index is 558. The Balaban J connectivity index is 1.45. The second kappa shape index (κ2) is 7.11. The van der Waals surface area contributed by atoms with Crippen molar-refractivity contribution in [3.63, 3.8) is 0 Å². The molecule has 2 atom stereocenters. The predicted octanol–water partition coefficient (Wildman–Crippen LogP) is 2.76. The second-order valence-corrected chi connectivity index (χ2v) is 6.48. The van der Waals surface area contributed by atoms with Crippen molar-refractivity contribution in [2.75, 3.05) is 19.8 Å². The van der Waals surface area contributed by atoms with Crippen LogP contribution in [0.1, 0.15) is 18.4 Å². The Labute approximate surface area is 129 Å². The van der Waals surface area contributed by atoms with Crippen molar-refractivity contribution in [2.45, 2.75) is 25.8 Å².